The van der Waals surface area contributed by atoms with E-state index in [2.05, 4.69) is 36.5 Å². The molecule has 192 valence electrons. The van der Waals surface area contributed by atoms with E-state index in [0.29, 0.717) is 24.4 Å². The van der Waals surface area contributed by atoms with Crippen LogP contribution in [-0.2, 0) is 17.8 Å². The lowest BCUT2D eigenvalue weighted by molar-refractivity contribution is -0.127. The van der Waals surface area contributed by atoms with Crippen molar-refractivity contribution in [2.24, 2.45) is 0 Å². The van der Waals surface area contributed by atoms with E-state index in [9.17, 15) is 9.59 Å². The Balaban J connectivity index is 1.41. The van der Waals surface area contributed by atoms with Crippen LogP contribution in [0.1, 0.15) is 51.1 Å². The highest BCUT2D eigenvalue weighted by atomic mass is 16.5. The molecule has 5 nitrogen and oxygen atoms in total. The van der Waals surface area contributed by atoms with Gasteiger partial charge in [-0.2, -0.15) is 0 Å². The number of carbonyl (C=O) groups is 2. The van der Waals surface area contributed by atoms with E-state index in [4.69, 9.17) is 4.74 Å². The van der Waals surface area contributed by atoms with Gasteiger partial charge in [-0.25, -0.2) is 0 Å². The summed E-state index contributed by atoms with van der Waals surface area (Å²) in [4.78, 5) is 28.4. The molecule has 5 heteroatoms. The number of aryl methyl sites for hydroxylation is 1. The molecule has 1 aliphatic rings. The first-order chi connectivity index (χ1) is 18.5. The third kappa shape index (κ3) is 5.62. The SMILES string of the molecule is Cc1cccc([C@H]2c3cc(O[C@H](C)C(=O)NCc4ccccc4)ccc3CCN2C(=O)c2ccccc2)c1. The summed E-state index contributed by atoms with van der Waals surface area (Å²) in [6.07, 6.45) is 0.0868. The molecule has 4 aromatic carbocycles. The van der Waals surface area contributed by atoms with Crippen LogP contribution in [0.4, 0.5) is 0 Å². The van der Waals surface area contributed by atoms with Crippen LogP contribution in [0.3, 0.4) is 0 Å². The van der Waals surface area contributed by atoms with Gasteiger partial charge in [-0.05, 0) is 66.8 Å². The largest absolute Gasteiger partial charge is 0.481 e. The van der Waals surface area contributed by atoms with E-state index in [-0.39, 0.29) is 17.9 Å². The van der Waals surface area contributed by atoms with Gasteiger partial charge in [0.25, 0.3) is 11.8 Å². The maximum Gasteiger partial charge on any atom is 0.261 e. The van der Waals surface area contributed by atoms with Gasteiger partial charge in [-0.15, -0.1) is 0 Å². The highest BCUT2D eigenvalue weighted by Crippen LogP contribution is 2.38. The van der Waals surface area contributed by atoms with E-state index >= 15 is 0 Å². The van der Waals surface area contributed by atoms with Gasteiger partial charge in [0.1, 0.15) is 5.75 Å². The Bertz CT molecular complexity index is 1420. The summed E-state index contributed by atoms with van der Waals surface area (Å²) in [7, 11) is 0. The zero-order valence-electron chi connectivity index (χ0n) is 21.8. The Hall–Kier alpha value is -4.38. The molecule has 0 fully saturated rings. The predicted octanol–water partition coefficient (Wildman–Crippen LogP) is 5.87. The Kier molecular flexibility index (Phi) is 7.55. The van der Waals surface area contributed by atoms with Crippen LogP contribution < -0.4 is 10.1 Å². The highest BCUT2D eigenvalue weighted by Gasteiger charge is 2.33. The van der Waals surface area contributed by atoms with Crippen LogP contribution in [-0.4, -0.2) is 29.4 Å². The molecule has 2 amide bonds. The van der Waals surface area contributed by atoms with Gasteiger partial charge >= 0.3 is 0 Å². The summed E-state index contributed by atoms with van der Waals surface area (Å²) in [6, 6.07) is 33.3. The summed E-state index contributed by atoms with van der Waals surface area (Å²) >= 11 is 0. The number of amides is 2. The van der Waals surface area contributed by atoms with Gasteiger partial charge in [0.2, 0.25) is 0 Å². The average molecular weight is 505 g/mol. The first-order valence-electron chi connectivity index (χ1n) is 13.0. The quantitative estimate of drug-likeness (QED) is 0.343. The van der Waals surface area contributed by atoms with Crippen molar-refractivity contribution in [1.82, 2.24) is 10.2 Å². The predicted molar refractivity (Wildman–Crippen MR) is 149 cm³/mol. The summed E-state index contributed by atoms with van der Waals surface area (Å²) in [6.45, 7) is 4.89. The maximum absolute atomic E-state index is 13.7. The zero-order valence-corrected chi connectivity index (χ0v) is 21.8. The van der Waals surface area contributed by atoms with Crippen molar-refractivity contribution in [3.63, 3.8) is 0 Å². The molecule has 1 heterocycles. The van der Waals surface area contributed by atoms with Crippen molar-refractivity contribution >= 4 is 11.8 Å². The minimum absolute atomic E-state index is 0.00253. The van der Waals surface area contributed by atoms with E-state index in [1.165, 1.54) is 5.56 Å². The van der Waals surface area contributed by atoms with Crippen LogP contribution in [0, 0.1) is 6.92 Å². The standard InChI is InChI=1S/C33H32N2O3/c1-23-10-9-15-28(20-23)31-30-21-29(38-24(2)32(36)34-22-25-11-5-3-6-12-25)17-16-26(30)18-19-35(31)33(37)27-13-7-4-8-14-27/h3-17,20-21,24,31H,18-19,22H2,1-2H3,(H,34,36)/t24-,31+/m1/s1. The molecule has 0 aromatic heterocycles. The lowest BCUT2D eigenvalue weighted by Crippen LogP contribution is -2.40. The number of hydrogen-bond donors (Lipinski definition) is 1. The van der Waals surface area contributed by atoms with Gasteiger partial charge in [0.15, 0.2) is 6.10 Å². The molecule has 0 radical (unpaired) electrons. The molecule has 2 atom stereocenters. The van der Waals surface area contributed by atoms with Gasteiger partial charge in [0, 0.05) is 18.7 Å². The second-order valence-electron chi connectivity index (χ2n) is 9.76. The van der Waals surface area contributed by atoms with Crippen LogP contribution in [0.25, 0.3) is 0 Å². The van der Waals surface area contributed by atoms with Gasteiger partial charge < -0.3 is 15.0 Å². The second kappa shape index (κ2) is 11.3. The van der Waals surface area contributed by atoms with E-state index < -0.39 is 6.10 Å². The van der Waals surface area contributed by atoms with E-state index in [1.807, 2.05) is 83.8 Å². The molecule has 0 unspecified atom stereocenters. The summed E-state index contributed by atoms with van der Waals surface area (Å²) in [5, 5.41) is 2.95. The number of nitrogens with zero attached hydrogens (tertiary/aromatic N) is 1. The lowest BCUT2D eigenvalue weighted by atomic mass is 9.87. The molecule has 1 N–H and O–H groups in total. The van der Waals surface area contributed by atoms with Crippen molar-refractivity contribution in [2.75, 3.05) is 6.54 Å². The van der Waals surface area contributed by atoms with Crippen LogP contribution in [0.5, 0.6) is 5.75 Å². The number of benzene rings is 4. The number of nitrogens with one attached hydrogen (secondary N) is 1. The fraction of sp³-hybridized carbons (Fsp3) is 0.212. The second-order valence-corrected chi connectivity index (χ2v) is 9.76. The first-order valence-corrected chi connectivity index (χ1v) is 13.0. The van der Waals surface area contributed by atoms with Gasteiger partial charge in [-0.3, -0.25) is 9.59 Å². The minimum atomic E-state index is -0.667. The van der Waals surface area contributed by atoms with Crippen LogP contribution >= 0.6 is 0 Å². The number of fused-ring (bicyclic) bond motifs is 1. The highest BCUT2D eigenvalue weighted by molar-refractivity contribution is 5.95. The fourth-order valence-corrected chi connectivity index (χ4v) is 5.02. The Morgan fingerprint density at radius 1 is 0.921 bits per heavy atom. The molecule has 0 saturated carbocycles. The molecule has 0 bridgehead atoms. The number of ether oxygens (including phenoxy) is 1. The first kappa shape index (κ1) is 25.3. The smallest absolute Gasteiger partial charge is 0.261 e. The van der Waals surface area contributed by atoms with Crippen molar-refractivity contribution in [2.45, 2.75) is 39.0 Å². The molecule has 5 rings (SSSR count). The Labute approximate surface area is 224 Å². The maximum atomic E-state index is 13.7. The third-order valence-electron chi connectivity index (χ3n) is 6.98. The van der Waals surface area contributed by atoms with E-state index in [0.717, 1.165) is 28.7 Å². The minimum Gasteiger partial charge on any atom is -0.481 e. The van der Waals surface area contributed by atoms with E-state index in [1.54, 1.807) is 6.92 Å². The van der Waals surface area contributed by atoms with Crippen LogP contribution in [0.2, 0.25) is 0 Å². The topological polar surface area (TPSA) is 58.6 Å². The molecule has 1 aliphatic heterocycles. The van der Waals surface area contributed by atoms with Crippen LogP contribution in [0.15, 0.2) is 103 Å². The number of rotatable bonds is 7. The zero-order chi connectivity index (χ0) is 26.5. The van der Waals surface area contributed by atoms with Crippen molar-refractivity contribution in [3.05, 3.63) is 137 Å². The summed E-state index contributed by atoms with van der Waals surface area (Å²) < 4.78 is 6.10. The molecule has 0 aliphatic carbocycles. The Morgan fingerprint density at radius 2 is 1.66 bits per heavy atom. The monoisotopic (exact) mass is 504 g/mol. The average Bonchev–Trinajstić information content (AvgIpc) is 2.95. The number of hydrogen-bond acceptors (Lipinski definition) is 3. The summed E-state index contributed by atoms with van der Waals surface area (Å²) in [5.41, 5.74) is 6.11. The molecule has 38 heavy (non-hydrogen) atoms. The molecular weight excluding hydrogens is 472 g/mol. The fourth-order valence-electron chi connectivity index (χ4n) is 5.02. The normalized spacial score (nSPS) is 15.3. The third-order valence-corrected chi connectivity index (χ3v) is 6.98. The molecule has 0 spiro atoms. The molecular formula is C33H32N2O3. The van der Waals surface area contributed by atoms with Gasteiger partial charge in [-0.1, -0.05) is 84.4 Å². The van der Waals surface area contributed by atoms with Crippen molar-refractivity contribution in [1.29, 1.82) is 0 Å². The van der Waals surface area contributed by atoms with Gasteiger partial charge in [0.05, 0.1) is 6.04 Å². The molecule has 4 aromatic rings. The lowest BCUT2D eigenvalue weighted by Gasteiger charge is -2.38. The van der Waals surface area contributed by atoms with Crippen molar-refractivity contribution < 1.29 is 14.3 Å². The Morgan fingerprint density at radius 3 is 2.39 bits per heavy atom. The summed E-state index contributed by atoms with van der Waals surface area (Å²) in [5.74, 6) is 0.434. The number of carbonyl (C=O) groups excluding carboxylic acids is 2. The molecule has 0 saturated heterocycles. The van der Waals surface area contributed by atoms with Crippen molar-refractivity contribution in [3.8, 4) is 5.75 Å².